The summed E-state index contributed by atoms with van der Waals surface area (Å²) in [5.41, 5.74) is 0.379. The summed E-state index contributed by atoms with van der Waals surface area (Å²) in [5.74, 6) is 1.03. The third-order valence-corrected chi connectivity index (χ3v) is 8.01. The van der Waals surface area contributed by atoms with Gasteiger partial charge in [-0.2, -0.15) is 0 Å². The normalized spacial score (nSPS) is 24.4. The van der Waals surface area contributed by atoms with Gasteiger partial charge in [-0.3, -0.25) is 0 Å². The lowest BCUT2D eigenvalue weighted by molar-refractivity contribution is 0.195. The fraction of sp³-hybridized carbons (Fsp3) is 1.00. The van der Waals surface area contributed by atoms with Crippen LogP contribution in [0.2, 0.25) is 0 Å². The molecule has 1 saturated heterocycles. The summed E-state index contributed by atoms with van der Waals surface area (Å²) < 4.78 is 23.4. The molecule has 18 heavy (non-hydrogen) atoms. The highest BCUT2D eigenvalue weighted by Crippen LogP contribution is 2.44. The van der Waals surface area contributed by atoms with Crippen molar-refractivity contribution in [2.75, 3.05) is 22.2 Å². The van der Waals surface area contributed by atoms with E-state index in [1.165, 1.54) is 0 Å². The Kier molecular flexibility index (Phi) is 5.77. The molecule has 0 aromatic heterocycles. The van der Waals surface area contributed by atoms with Crippen molar-refractivity contribution in [2.24, 2.45) is 16.7 Å². The molecule has 0 aromatic carbocycles. The molecule has 1 heterocycles. The number of alkyl halides is 2. The lowest BCUT2D eigenvalue weighted by atomic mass is 9.72. The molecule has 1 unspecified atom stereocenters. The van der Waals surface area contributed by atoms with Crippen LogP contribution in [0.15, 0.2) is 0 Å². The van der Waals surface area contributed by atoms with Gasteiger partial charge in [-0.1, -0.05) is 52.6 Å². The molecule has 0 saturated carbocycles. The van der Waals surface area contributed by atoms with Crippen molar-refractivity contribution in [3.63, 3.8) is 0 Å². The van der Waals surface area contributed by atoms with E-state index in [1.54, 1.807) is 0 Å². The van der Waals surface area contributed by atoms with Crippen LogP contribution in [0.5, 0.6) is 0 Å². The summed E-state index contributed by atoms with van der Waals surface area (Å²) in [6.45, 7) is 6.73. The van der Waals surface area contributed by atoms with Crippen molar-refractivity contribution < 1.29 is 8.42 Å². The van der Waals surface area contributed by atoms with Crippen LogP contribution in [0.1, 0.15) is 40.0 Å². The van der Waals surface area contributed by atoms with E-state index >= 15 is 0 Å². The molecule has 0 aliphatic carbocycles. The Bertz CT molecular complexity index is 367. The highest BCUT2D eigenvalue weighted by molar-refractivity contribution is 9.09. The van der Waals surface area contributed by atoms with Crippen molar-refractivity contribution in [2.45, 2.75) is 40.0 Å². The van der Waals surface area contributed by atoms with Gasteiger partial charge in [-0.05, 0) is 36.0 Å². The molecule has 108 valence electrons. The van der Waals surface area contributed by atoms with E-state index in [-0.39, 0.29) is 5.41 Å². The number of sulfone groups is 1. The lowest BCUT2D eigenvalue weighted by Gasteiger charge is -2.37. The molecule has 2 nitrogen and oxygen atoms in total. The van der Waals surface area contributed by atoms with Crippen LogP contribution in [0.4, 0.5) is 0 Å². The summed E-state index contributed by atoms with van der Waals surface area (Å²) in [6, 6.07) is 0. The van der Waals surface area contributed by atoms with Crippen LogP contribution in [-0.4, -0.2) is 30.6 Å². The molecule has 1 rings (SSSR count). The van der Waals surface area contributed by atoms with Gasteiger partial charge >= 0.3 is 0 Å². The Morgan fingerprint density at radius 1 is 1.11 bits per heavy atom. The maximum absolute atomic E-state index is 11.7. The van der Waals surface area contributed by atoms with Crippen LogP contribution >= 0.6 is 31.9 Å². The van der Waals surface area contributed by atoms with Crippen molar-refractivity contribution >= 4 is 41.7 Å². The number of hydrogen-bond donors (Lipinski definition) is 0. The van der Waals surface area contributed by atoms with E-state index < -0.39 is 9.84 Å². The quantitative estimate of drug-likeness (QED) is 0.649. The van der Waals surface area contributed by atoms with E-state index in [9.17, 15) is 8.42 Å². The molecule has 0 amide bonds. The molecule has 0 spiro atoms. The Hall–Kier alpha value is 0.910. The second-order valence-electron chi connectivity index (χ2n) is 6.79. The van der Waals surface area contributed by atoms with Gasteiger partial charge in [0.2, 0.25) is 0 Å². The standard InChI is InChI=1S/C13H24Br2O2S/c1-12(2,3)5-6-13(9-14,10-15)11-4-7-18(16,17)8-11/h11H,4-10H2,1-3H3. The zero-order valence-electron chi connectivity index (χ0n) is 11.5. The third kappa shape index (κ3) is 4.48. The highest BCUT2D eigenvalue weighted by atomic mass is 79.9. The summed E-state index contributed by atoms with van der Waals surface area (Å²) >= 11 is 7.25. The molecule has 5 heteroatoms. The first-order chi connectivity index (χ1) is 8.14. The van der Waals surface area contributed by atoms with Crippen LogP contribution < -0.4 is 0 Å². The molecule has 1 aliphatic rings. The number of rotatable bonds is 5. The van der Waals surface area contributed by atoms with Crippen LogP contribution in [0.25, 0.3) is 0 Å². The van der Waals surface area contributed by atoms with E-state index in [1.807, 2.05) is 0 Å². The molecule has 0 aromatic rings. The van der Waals surface area contributed by atoms with Gasteiger partial charge in [0.15, 0.2) is 9.84 Å². The average Bonchev–Trinajstić information content (AvgIpc) is 2.60. The first-order valence-corrected chi connectivity index (χ1v) is 10.5. The Balaban J connectivity index is 2.81. The summed E-state index contributed by atoms with van der Waals surface area (Å²) in [7, 11) is -2.79. The van der Waals surface area contributed by atoms with Crippen molar-refractivity contribution in [1.29, 1.82) is 0 Å². The molecule has 1 fully saturated rings. The minimum absolute atomic E-state index is 0.0802. The molecular weight excluding hydrogens is 380 g/mol. The maximum atomic E-state index is 11.7. The highest BCUT2D eigenvalue weighted by Gasteiger charge is 2.43. The van der Waals surface area contributed by atoms with Crippen LogP contribution in [0.3, 0.4) is 0 Å². The van der Waals surface area contributed by atoms with E-state index in [0.29, 0.717) is 22.8 Å². The first-order valence-electron chi connectivity index (χ1n) is 6.46. The van der Waals surface area contributed by atoms with E-state index in [4.69, 9.17) is 0 Å². The van der Waals surface area contributed by atoms with E-state index in [2.05, 4.69) is 52.6 Å². The molecule has 1 atom stereocenters. The van der Waals surface area contributed by atoms with Crippen LogP contribution in [-0.2, 0) is 9.84 Å². The lowest BCUT2D eigenvalue weighted by Crippen LogP contribution is -2.36. The van der Waals surface area contributed by atoms with Crippen molar-refractivity contribution in [3.8, 4) is 0 Å². The van der Waals surface area contributed by atoms with Crippen molar-refractivity contribution in [1.82, 2.24) is 0 Å². The molecule has 0 N–H and O–H groups in total. The summed E-state index contributed by atoms with van der Waals surface area (Å²) in [6.07, 6.45) is 3.03. The van der Waals surface area contributed by atoms with E-state index in [0.717, 1.165) is 29.9 Å². The topological polar surface area (TPSA) is 34.1 Å². The van der Waals surface area contributed by atoms with Gasteiger partial charge in [0.25, 0.3) is 0 Å². The Labute approximate surface area is 128 Å². The van der Waals surface area contributed by atoms with Gasteiger partial charge < -0.3 is 0 Å². The Morgan fingerprint density at radius 3 is 2.00 bits per heavy atom. The Morgan fingerprint density at radius 2 is 1.67 bits per heavy atom. The average molecular weight is 404 g/mol. The second-order valence-corrected chi connectivity index (χ2v) is 10.1. The molecule has 1 aliphatic heterocycles. The summed E-state index contributed by atoms with van der Waals surface area (Å²) in [5, 5.41) is 1.75. The molecular formula is C13H24Br2O2S. The van der Waals surface area contributed by atoms with Crippen molar-refractivity contribution in [3.05, 3.63) is 0 Å². The smallest absolute Gasteiger partial charge is 0.150 e. The minimum atomic E-state index is -2.79. The maximum Gasteiger partial charge on any atom is 0.150 e. The monoisotopic (exact) mass is 402 g/mol. The van der Waals surface area contributed by atoms with Gasteiger partial charge in [-0.15, -0.1) is 0 Å². The number of halogens is 2. The largest absolute Gasteiger partial charge is 0.229 e. The fourth-order valence-electron chi connectivity index (χ4n) is 2.49. The molecule has 0 bridgehead atoms. The third-order valence-electron chi connectivity index (χ3n) is 4.00. The van der Waals surface area contributed by atoms with Crippen LogP contribution in [0, 0.1) is 16.7 Å². The van der Waals surface area contributed by atoms with Gasteiger partial charge in [0.05, 0.1) is 11.5 Å². The van der Waals surface area contributed by atoms with Gasteiger partial charge in [-0.25, -0.2) is 8.42 Å². The molecule has 0 radical (unpaired) electrons. The van der Waals surface area contributed by atoms with Gasteiger partial charge in [0.1, 0.15) is 0 Å². The minimum Gasteiger partial charge on any atom is -0.229 e. The second kappa shape index (κ2) is 6.13. The summed E-state index contributed by atoms with van der Waals surface area (Å²) in [4.78, 5) is 0. The first kappa shape index (κ1) is 17.0. The SMILES string of the molecule is CC(C)(C)CCC(CBr)(CBr)C1CCS(=O)(=O)C1. The zero-order chi connectivity index (χ0) is 14.0. The fourth-order valence-corrected chi connectivity index (χ4v) is 6.84. The predicted molar refractivity (Wildman–Crippen MR) is 85.5 cm³/mol. The predicted octanol–water partition coefficient (Wildman–Crippen LogP) is 4.02. The van der Waals surface area contributed by atoms with Gasteiger partial charge in [0, 0.05) is 10.7 Å². The zero-order valence-corrected chi connectivity index (χ0v) is 15.5. The number of hydrogen-bond acceptors (Lipinski definition) is 2.